The number of anilines is 2. The molecule has 1 heterocycles. The number of methoxy groups -OCH3 is 1. The number of ether oxygens (including phenoxy) is 1. The molecule has 0 bridgehead atoms. The third-order valence-electron chi connectivity index (χ3n) is 5.24. The molecule has 1 aliphatic rings. The average molecular weight is 400 g/mol. The first kappa shape index (κ1) is 19.6. The molecule has 1 aliphatic heterocycles. The molecule has 5 nitrogen and oxygen atoms in total. The highest BCUT2D eigenvalue weighted by Crippen LogP contribution is 2.39. The maximum atomic E-state index is 13.4. The molecule has 0 fully saturated rings. The molecule has 4 rings (SSSR count). The normalized spacial score (nSPS) is 15.8. The van der Waals surface area contributed by atoms with E-state index in [-0.39, 0.29) is 17.7 Å². The Balaban J connectivity index is 1.75. The van der Waals surface area contributed by atoms with Crippen LogP contribution in [0.5, 0.6) is 11.5 Å². The van der Waals surface area contributed by atoms with Gasteiger partial charge in [-0.25, -0.2) is 0 Å². The zero-order valence-corrected chi connectivity index (χ0v) is 17.2. The van der Waals surface area contributed by atoms with Crippen LogP contribution in [0.4, 0.5) is 11.4 Å². The fourth-order valence-corrected chi connectivity index (χ4v) is 3.55. The number of amides is 1. The number of phenols is 1. The average Bonchev–Trinajstić information content (AvgIpc) is 3.07. The van der Waals surface area contributed by atoms with Gasteiger partial charge in [-0.3, -0.25) is 9.69 Å². The molecule has 0 radical (unpaired) electrons. The Morgan fingerprint density at radius 1 is 0.933 bits per heavy atom. The number of benzene rings is 3. The third kappa shape index (κ3) is 3.74. The number of aromatic hydroxyl groups is 1. The van der Waals surface area contributed by atoms with Crippen LogP contribution >= 0.6 is 0 Å². The molecule has 2 N–H and O–H groups in total. The van der Waals surface area contributed by atoms with Crippen molar-refractivity contribution in [2.45, 2.75) is 19.9 Å². The van der Waals surface area contributed by atoms with Crippen LogP contribution in [0.3, 0.4) is 0 Å². The summed E-state index contributed by atoms with van der Waals surface area (Å²) in [7, 11) is 1.51. The van der Waals surface area contributed by atoms with Gasteiger partial charge in [-0.2, -0.15) is 0 Å². The summed E-state index contributed by atoms with van der Waals surface area (Å²) in [5.74, 6) is 0.322. The van der Waals surface area contributed by atoms with E-state index in [1.165, 1.54) is 7.11 Å². The van der Waals surface area contributed by atoms with Crippen LogP contribution in [0.25, 0.3) is 0 Å². The second kappa shape index (κ2) is 7.95. The number of nitrogens with one attached hydrogen (secondary N) is 1. The molecule has 0 unspecified atom stereocenters. The molecule has 0 saturated heterocycles. The second-order valence-electron chi connectivity index (χ2n) is 7.46. The van der Waals surface area contributed by atoms with Gasteiger partial charge >= 0.3 is 0 Å². The Morgan fingerprint density at radius 3 is 2.20 bits per heavy atom. The van der Waals surface area contributed by atoms with Crippen molar-refractivity contribution in [2.24, 2.45) is 0 Å². The molecule has 0 saturated carbocycles. The van der Waals surface area contributed by atoms with Crippen molar-refractivity contribution in [3.05, 3.63) is 95.2 Å². The zero-order chi connectivity index (χ0) is 21.3. The standard InChI is InChI=1S/C25H24N2O3/c1-16-4-9-19(10-5-16)26-21-15-22(18-8-13-23(28)24(14-18)30-3)27(25(21)29)20-11-6-17(2)7-12-20/h4-15,22,26,28H,1-3H3/t22-/m1/s1. The van der Waals surface area contributed by atoms with E-state index < -0.39 is 0 Å². The van der Waals surface area contributed by atoms with Gasteiger partial charge in [-0.05, 0) is 61.9 Å². The number of nitrogens with zero attached hydrogens (tertiary/aromatic N) is 1. The monoisotopic (exact) mass is 400 g/mol. The molecule has 3 aromatic carbocycles. The van der Waals surface area contributed by atoms with E-state index in [1.807, 2.05) is 74.5 Å². The van der Waals surface area contributed by atoms with Crippen molar-refractivity contribution in [1.82, 2.24) is 0 Å². The van der Waals surface area contributed by atoms with Crippen molar-refractivity contribution in [3.8, 4) is 11.5 Å². The van der Waals surface area contributed by atoms with Gasteiger partial charge in [0.25, 0.3) is 5.91 Å². The molecular weight excluding hydrogens is 376 g/mol. The fourth-order valence-electron chi connectivity index (χ4n) is 3.55. The number of carbonyl (C=O) groups excluding carboxylic acids is 1. The van der Waals surface area contributed by atoms with Crippen LogP contribution in [-0.4, -0.2) is 18.1 Å². The van der Waals surface area contributed by atoms with Gasteiger partial charge in [0.1, 0.15) is 5.70 Å². The first-order chi connectivity index (χ1) is 14.5. The van der Waals surface area contributed by atoms with Gasteiger partial charge in [0, 0.05) is 11.4 Å². The molecule has 152 valence electrons. The SMILES string of the molecule is COc1cc([C@H]2C=C(Nc3ccc(C)cc3)C(=O)N2c2ccc(C)cc2)ccc1O. The lowest BCUT2D eigenvalue weighted by Crippen LogP contribution is -2.30. The van der Waals surface area contributed by atoms with Gasteiger partial charge in [0.2, 0.25) is 0 Å². The Bertz CT molecular complexity index is 1100. The van der Waals surface area contributed by atoms with Crippen LogP contribution < -0.4 is 15.0 Å². The van der Waals surface area contributed by atoms with Crippen LogP contribution in [0.2, 0.25) is 0 Å². The van der Waals surface area contributed by atoms with E-state index in [9.17, 15) is 9.90 Å². The number of carbonyl (C=O) groups is 1. The summed E-state index contributed by atoms with van der Waals surface area (Å²) < 4.78 is 5.27. The van der Waals surface area contributed by atoms with E-state index in [0.717, 1.165) is 28.1 Å². The second-order valence-corrected chi connectivity index (χ2v) is 7.46. The molecule has 1 atom stereocenters. The predicted molar refractivity (Wildman–Crippen MR) is 119 cm³/mol. The minimum atomic E-state index is -0.331. The zero-order valence-electron chi connectivity index (χ0n) is 17.2. The third-order valence-corrected chi connectivity index (χ3v) is 5.24. The summed E-state index contributed by atoms with van der Waals surface area (Å²) in [6.45, 7) is 4.04. The number of hydrogen-bond donors (Lipinski definition) is 2. The van der Waals surface area contributed by atoms with Gasteiger partial charge in [0.15, 0.2) is 11.5 Å². The molecule has 0 spiro atoms. The van der Waals surface area contributed by atoms with Crippen molar-refractivity contribution >= 4 is 17.3 Å². The Labute approximate surface area is 176 Å². The number of hydrogen-bond acceptors (Lipinski definition) is 4. The summed E-state index contributed by atoms with van der Waals surface area (Å²) in [5, 5.41) is 13.2. The van der Waals surface area contributed by atoms with E-state index in [0.29, 0.717) is 11.4 Å². The predicted octanol–water partition coefficient (Wildman–Crippen LogP) is 5.10. The highest BCUT2D eigenvalue weighted by atomic mass is 16.5. The Morgan fingerprint density at radius 2 is 1.57 bits per heavy atom. The molecule has 3 aromatic rings. The summed E-state index contributed by atoms with van der Waals surface area (Å²) in [4.78, 5) is 15.1. The Hall–Kier alpha value is -3.73. The van der Waals surface area contributed by atoms with E-state index in [2.05, 4.69) is 5.32 Å². The molecule has 30 heavy (non-hydrogen) atoms. The van der Waals surface area contributed by atoms with Gasteiger partial charge in [0.05, 0.1) is 13.2 Å². The maximum Gasteiger partial charge on any atom is 0.275 e. The molecular formula is C25H24N2O3. The number of rotatable bonds is 5. The highest BCUT2D eigenvalue weighted by Gasteiger charge is 2.35. The maximum absolute atomic E-state index is 13.4. The number of phenolic OH excluding ortho intramolecular Hbond substituents is 1. The molecule has 0 aliphatic carbocycles. The van der Waals surface area contributed by atoms with Gasteiger partial charge < -0.3 is 15.2 Å². The molecule has 0 aromatic heterocycles. The fraction of sp³-hybridized carbons (Fsp3) is 0.160. The lowest BCUT2D eigenvalue weighted by molar-refractivity contribution is -0.114. The van der Waals surface area contributed by atoms with Crippen LogP contribution in [-0.2, 0) is 4.79 Å². The van der Waals surface area contributed by atoms with Crippen LogP contribution in [0, 0.1) is 13.8 Å². The lowest BCUT2D eigenvalue weighted by Gasteiger charge is -2.26. The van der Waals surface area contributed by atoms with Gasteiger partial charge in [-0.1, -0.05) is 41.5 Å². The van der Waals surface area contributed by atoms with E-state index >= 15 is 0 Å². The van der Waals surface area contributed by atoms with Crippen LogP contribution in [0.1, 0.15) is 22.7 Å². The van der Waals surface area contributed by atoms with Crippen LogP contribution in [0.15, 0.2) is 78.5 Å². The minimum absolute atomic E-state index is 0.0643. The smallest absolute Gasteiger partial charge is 0.275 e. The minimum Gasteiger partial charge on any atom is -0.504 e. The largest absolute Gasteiger partial charge is 0.504 e. The lowest BCUT2D eigenvalue weighted by atomic mass is 10.0. The Kier molecular flexibility index (Phi) is 5.19. The first-order valence-corrected chi connectivity index (χ1v) is 9.79. The summed E-state index contributed by atoms with van der Waals surface area (Å²) >= 11 is 0. The summed E-state index contributed by atoms with van der Waals surface area (Å²) in [6, 6.07) is 20.6. The van der Waals surface area contributed by atoms with Crippen molar-refractivity contribution < 1.29 is 14.6 Å². The topological polar surface area (TPSA) is 61.8 Å². The highest BCUT2D eigenvalue weighted by molar-refractivity contribution is 6.11. The number of aryl methyl sites for hydroxylation is 2. The van der Waals surface area contributed by atoms with Crippen molar-refractivity contribution in [2.75, 3.05) is 17.3 Å². The summed E-state index contributed by atoms with van der Waals surface area (Å²) in [5.41, 5.74) is 5.30. The molecule has 5 heteroatoms. The van der Waals surface area contributed by atoms with E-state index in [4.69, 9.17) is 4.74 Å². The van der Waals surface area contributed by atoms with E-state index in [1.54, 1.807) is 17.0 Å². The molecule has 1 amide bonds. The van der Waals surface area contributed by atoms with Gasteiger partial charge in [-0.15, -0.1) is 0 Å². The first-order valence-electron chi connectivity index (χ1n) is 9.79. The summed E-state index contributed by atoms with van der Waals surface area (Å²) in [6.07, 6.45) is 1.91. The van der Waals surface area contributed by atoms with Crippen molar-refractivity contribution in [3.63, 3.8) is 0 Å². The van der Waals surface area contributed by atoms with Crippen molar-refractivity contribution in [1.29, 1.82) is 0 Å². The quantitative estimate of drug-likeness (QED) is 0.625.